The number of thiazole rings is 1. The van der Waals surface area contributed by atoms with Crippen molar-refractivity contribution in [2.45, 2.75) is 26.7 Å². The second-order valence-electron chi connectivity index (χ2n) is 7.85. The third kappa shape index (κ3) is 4.21. The molecule has 0 N–H and O–H groups in total. The maximum absolute atomic E-state index is 13.0. The van der Waals surface area contributed by atoms with E-state index < -0.39 is 0 Å². The number of nitrogens with zero attached hydrogens (tertiary/aromatic N) is 6. The molecule has 0 spiro atoms. The number of fused-ring (bicyclic) bond motifs is 1. The van der Waals surface area contributed by atoms with Gasteiger partial charge >= 0.3 is 6.03 Å². The first kappa shape index (κ1) is 20.8. The molecular weight excluding hydrogens is 400 g/mol. The van der Waals surface area contributed by atoms with Crippen molar-refractivity contribution >= 4 is 38.8 Å². The minimum Gasteiger partial charge on any atom is -0.344 e. The number of piperazine rings is 1. The Kier molecular flexibility index (Phi) is 6.36. The summed E-state index contributed by atoms with van der Waals surface area (Å²) in [5, 5.41) is 0.985. The lowest BCUT2D eigenvalue weighted by Crippen LogP contribution is -2.53. The van der Waals surface area contributed by atoms with E-state index in [1.54, 1.807) is 17.5 Å². The third-order valence-electron chi connectivity index (χ3n) is 6.17. The number of amides is 3. The highest BCUT2D eigenvalue weighted by Crippen LogP contribution is 2.28. The number of hydrogen-bond donors (Lipinski definition) is 0. The number of pyridine rings is 1. The van der Waals surface area contributed by atoms with E-state index in [1.807, 2.05) is 40.7 Å². The van der Waals surface area contributed by atoms with Gasteiger partial charge in [-0.1, -0.05) is 11.3 Å². The molecule has 2 aliphatic heterocycles. The highest BCUT2D eigenvalue weighted by molar-refractivity contribution is 7.21. The Labute approximate surface area is 181 Å². The summed E-state index contributed by atoms with van der Waals surface area (Å²) in [4.78, 5) is 43.6. The van der Waals surface area contributed by atoms with Crippen LogP contribution in [0.15, 0.2) is 18.3 Å². The van der Waals surface area contributed by atoms with Crippen LogP contribution >= 0.6 is 11.3 Å². The van der Waals surface area contributed by atoms with Gasteiger partial charge in [0.05, 0.1) is 0 Å². The number of rotatable bonds is 4. The second kappa shape index (κ2) is 9.16. The minimum absolute atomic E-state index is 0.0314. The third-order valence-corrected chi connectivity index (χ3v) is 7.21. The van der Waals surface area contributed by atoms with E-state index in [2.05, 4.69) is 14.9 Å². The zero-order chi connectivity index (χ0) is 21.1. The van der Waals surface area contributed by atoms with Gasteiger partial charge in [-0.25, -0.2) is 14.8 Å². The molecule has 0 aromatic carbocycles. The summed E-state index contributed by atoms with van der Waals surface area (Å²) in [6.45, 7) is 9.84. The predicted octanol–water partition coefficient (Wildman–Crippen LogP) is 2.51. The summed E-state index contributed by atoms with van der Waals surface area (Å²) in [5.41, 5.74) is 0.932. The average Bonchev–Trinajstić information content (AvgIpc) is 3.24. The molecule has 0 bridgehead atoms. The molecule has 2 saturated heterocycles. The molecule has 0 saturated carbocycles. The average molecular weight is 431 g/mol. The number of carbonyl (C=O) groups excluding carboxylic acids is 2. The fourth-order valence-electron chi connectivity index (χ4n) is 4.28. The van der Waals surface area contributed by atoms with Crippen molar-refractivity contribution in [3.05, 3.63) is 18.3 Å². The maximum atomic E-state index is 13.0. The van der Waals surface area contributed by atoms with Gasteiger partial charge in [0, 0.05) is 64.5 Å². The molecule has 2 aromatic rings. The standard InChI is InChI=1S/C21H30N6O2S/c1-3-24(4-2)21(29)27-10-7-16(8-11-27)19(28)25-12-14-26(15-13-25)20-23-17-6-5-9-22-18(17)30-20/h5-6,9,16H,3-4,7-8,10-15H2,1-2H3. The molecule has 0 aliphatic carbocycles. The SMILES string of the molecule is CCN(CC)C(=O)N1CCC(C(=O)N2CCN(c3nc4cccnc4s3)CC2)CC1. The molecule has 0 radical (unpaired) electrons. The van der Waals surface area contributed by atoms with E-state index in [1.165, 1.54) is 0 Å². The van der Waals surface area contributed by atoms with Gasteiger partial charge in [0.1, 0.15) is 10.3 Å². The smallest absolute Gasteiger partial charge is 0.319 e. The number of urea groups is 1. The van der Waals surface area contributed by atoms with Crippen molar-refractivity contribution in [2.75, 3.05) is 57.3 Å². The number of likely N-dealkylation sites (tertiary alicyclic amines) is 1. The minimum atomic E-state index is 0.0314. The lowest BCUT2D eigenvalue weighted by Gasteiger charge is -2.39. The quantitative estimate of drug-likeness (QED) is 0.745. The Morgan fingerprint density at radius 3 is 2.40 bits per heavy atom. The van der Waals surface area contributed by atoms with Crippen molar-refractivity contribution in [3.8, 4) is 0 Å². The second-order valence-corrected chi connectivity index (χ2v) is 8.81. The summed E-state index contributed by atoms with van der Waals surface area (Å²) in [7, 11) is 0. The van der Waals surface area contributed by atoms with Crippen LogP contribution in [-0.4, -0.2) is 89.0 Å². The molecule has 8 nitrogen and oxygen atoms in total. The van der Waals surface area contributed by atoms with Crippen molar-refractivity contribution in [1.82, 2.24) is 24.7 Å². The van der Waals surface area contributed by atoms with Crippen LogP contribution in [0.3, 0.4) is 0 Å². The molecule has 2 aliphatic rings. The highest BCUT2D eigenvalue weighted by atomic mass is 32.1. The molecule has 2 aromatic heterocycles. The first-order chi connectivity index (χ1) is 14.6. The van der Waals surface area contributed by atoms with E-state index in [4.69, 9.17) is 0 Å². The summed E-state index contributed by atoms with van der Waals surface area (Å²) in [6.07, 6.45) is 3.31. The lowest BCUT2D eigenvalue weighted by molar-refractivity contribution is -0.137. The Hall–Kier alpha value is -2.42. The van der Waals surface area contributed by atoms with Gasteiger partial charge < -0.3 is 19.6 Å². The van der Waals surface area contributed by atoms with Crippen molar-refractivity contribution in [3.63, 3.8) is 0 Å². The first-order valence-electron chi connectivity index (χ1n) is 10.9. The van der Waals surface area contributed by atoms with Crippen LogP contribution in [0.4, 0.5) is 9.93 Å². The number of carbonyl (C=O) groups is 2. The molecule has 4 rings (SSSR count). The van der Waals surface area contributed by atoms with Gasteiger partial charge in [-0.15, -0.1) is 0 Å². The van der Waals surface area contributed by atoms with Gasteiger partial charge in [0.2, 0.25) is 5.91 Å². The van der Waals surface area contributed by atoms with Crippen LogP contribution in [0.2, 0.25) is 0 Å². The maximum Gasteiger partial charge on any atom is 0.319 e. The molecule has 9 heteroatoms. The van der Waals surface area contributed by atoms with Crippen molar-refractivity contribution in [2.24, 2.45) is 5.92 Å². The Balaban J connectivity index is 1.28. The summed E-state index contributed by atoms with van der Waals surface area (Å²) >= 11 is 1.61. The van der Waals surface area contributed by atoms with Crippen LogP contribution in [0.1, 0.15) is 26.7 Å². The molecule has 2 fully saturated rings. The molecule has 162 valence electrons. The van der Waals surface area contributed by atoms with Crippen LogP contribution in [0.5, 0.6) is 0 Å². The topological polar surface area (TPSA) is 72.9 Å². The Bertz CT molecular complexity index is 850. The van der Waals surface area contributed by atoms with Gasteiger partial charge in [-0.2, -0.15) is 0 Å². The van der Waals surface area contributed by atoms with Gasteiger partial charge in [0.15, 0.2) is 5.13 Å². The molecule has 0 unspecified atom stereocenters. The zero-order valence-electron chi connectivity index (χ0n) is 17.8. The fraction of sp³-hybridized carbons (Fsp3) is 0.619. The van der Waals surface area contributed by atoms with Gasteiger partial charge in [0.25, 0.3) is 0 Å². The van der Waals surface area contributed by atoms with E-state index in [0.29, 0.717) is 13.1 Å². The molecule has 4 heterocycles. The van der Waals surface area contributed by atoms with Gasteiger partial charge in [-0.3, -0.25) is 4.79 Å². The monoisotopic (exact) mass is 430 g/mol. The molecule has 3 amide bonds. The summed E-state index contributed by atoms with van der Waals surface area (Å²) in [6, 6.07) is 3.99. The van der Waals surface area contributed by atoms with Crippen molar-refractivity contribution < 1.29 is 9.59 Å². The van der Waals surface area contributed by atoms with E-state index in [-0.39, 0.29) is 17.9 Å². The fourth-order valence-corrected chi connectivity index (χ4v) is 5.24. The van der Waals surface area contributed by atoms with Crippen LogP contribution in [0.25, 0.3) is 10.3 Å². The molecule has 0 atom stereocenters. The van der Waals surface area contributed by atoms with Crippen LogP contribution in [-0.2, 0) is 4.79 Å². The number of aromatic nitrogens is 2. The largest absolute Gasteiger partial charge is 0.344 e. The van der Waals surface area contributed by atoms with Crippen LogP contribution in [0, 0.1) is 5.92 Å². The predicted molar refractivity (Wildman–Crippen MR) is 119 cm³/mol. The molecule has 30 heavy (non-hydrogen) atoms. The molecular formula is C21H30N6O2S. The Morgan fingerprint density at radius 1 is 1.07 bits per heavy atom. The summed E-state index contributed by atoms with van der Waals surface area (Å²) < 4.78 is 0. The lowest BCUT2D eigenvalue weighted by atomic mass is 9.95. The van der Waals surface area contributed by atoms with Crippen LogP contribution < -0.4 is 4.90 Å². The van der Waals surface area contributed by atoms with Gasteiger partial charge in [-0.05, 0) is 38.8 Å². The number of piperidine rings is 1. The van der Waals surface area contributed by atoms with Crippen molar-refractivity contribution in [1.29, 1.82) is 0 Å². The normalized spacial score (nSPS) is 18.1. The first-order valence-corrected chi connectivity index (χ1v) is 11.7. The van der Waals surface area contributed by atoms with E-state index >= 15 is 0 Å². The Morgan fingerprint density at radius 2 is 1.77 bits per heavy atom. The highest BCUT2D eigenvalue weighted by Gasteiger charge is 2.32. The van der Waals surface area contributed by atoms with E-state index in [9.17, 15) is 9.59 Å². The number of hydrogen-bond acceptors (Lipinski definition) is 6. The zero-order valence-corrected chi connectivity index (χ0v) is 18.6. The summed E-state index contributed by atoms with van der Waals surface area (Å²) in [5.74, 6) is 0.277. The number of anilines is 1. The van der Waals surface area contributed by atoms with E-state index in [0.717, 1.165) is 67.6 Å².